The zero-order valence-corrected chi connectivity index (χ0v) is 10.0. The second kappa shape index (κ2) is 4.14. The van der Waals surface area contributed by atoms with Gasteiger partial charge < -0.3 is 10.2 Å². The van der Waals surface area contributed by atoms with Crippen LogP contribution in [0.4, 0.5) is 0 Å². The Morgan fingerprint density at radius 3 is 2.00 bits per heavy atom. The Morgan fingerprint density at radius 1 is 1.00 bits per heavy atom. The summed E-state index contributed by atoms with van der Waals surface area (Å²) < 4.78 is 0. The van der Waals surface area contributed by atoms with Crippen LogP contribution >= 0.6 is 0 Å². The summed E-state index contributed by atoms with van der Waals surface area (Å²) in [6.07, 6.45) is 5.46. The third-order valence-corrected chi connectivity index (χ3v) is 2.95. The molecule has 1 aliphatic rings. The second-order valence-electron chi connectivity index (χ2n) is 4.05. The third-order valence-electron chi connectivity index (χ3n) is 2.95. The van der Waals surface area contributed by atoms with Crippen LogP contribution in [0.1, 0.15) is 38.8 Å². The summed E-state index contributed by atoms with van der Waals surface area (Å²) in [5, 5.41) is 20.1. The number of benzene rings is 1. The first-order valence-corrected chi connectivity index (χ1v) is 5.47. The second-order valence-corrected chi connectivity index (χ2v) is 4.05. The number of phenols is 2. The number of hydrogen-bond donors (Lipinski definition) is 2. The first kappa shape index (κ1) is 12.1. The van der Waals surface area contributed by atoms with E-state index in [9.17, 15) is 19.8 Å². The van der Waals surface area contributed by atoms with Crippen molar-refractivity contribution in [1.82, 2.24) is 0 Å². The van der Waals surface area contributed by atoms with Gasteiger partial charge in [-0.2, -0.15) is 0 Å². The summed E-state index contributed by atoms with van der Waals surface area (Å²) in [7, 11) is 0. The zero-order valence-electron chi connectivity index (χ0n) is 10.0. The van der Waals surface area contributed by atoms with Gasteiger partial charge in [-0.15, -0.1) is 0 Å². The highest BCUT2D eigenvalue weighted by atomic mass is 16.3. The van der Waals surface area contributed by atoms with E-state index in [0.29, 0.717) is 11.1 Å². The Bertz CT molecular complexity index is 621. The van der Waals surface area contributed by atoms with Gasteiger partial charge in [0.15, 0.2) is 11.6 Å². The minimum Gasteiger partial charge on any atom is -0.507 e. The van der Waals surface area contributed by atoms with Gasteiger partial charge in [0.05, 0.1) is 11.1 Å². The maximum atomic E-state index is 11.7. The average Bonchev–Trinajstić information content (AvgIpc) is 2.34. The molecule has 0 saturated carbocycles. The van der Waals surface area contributed by atoms with Gasteiger partial charge in [-0.3, -0.25) is 9.59 Å². The number of allylic oxidation sites excluding steroid dienone is 3. The van der Waals surface area contributed by atoms with Crippen molar-refractivity contribution >= 4 is 17.6 Å². The van der Waals surface area contributed by atoms with Crippen molar-refractivity contribution in [3.8, 4) is 11.5 Å². The summed E-state index contributed by atoms with van der Waals surface area (Å²) in [5.41, 5.74) is 0.482. The third kappa shape index (κ3) is 1.54. The van der Waals surface area contributed by atoms with Crippen LogP contribution in [0.25, 0.3) is 6.08 Å². The standard InChI is InChI=1S/C14H12O4/c1-3-4-8-7(2)13(17)11-9(15)5-6-10(16)12(11)14(8)18/h3-6,17-18H,1-2H3/b4-3-. The molecule has 1 aromatic rings. The molecule has 92 valence electrons. The molecule has 0 fully saturated rings. The summed E-state index contributed by atoms with van der Waals surface area (Å²) in [6, 6.07) is 0. The summed E-state index contributed by atoms with van der Waals surface area (Å²) >= 11 is 0. The first-order valence-electron chi connectivity index (χ1n) is 5.47. The van der Waals surface area contributed by atoms with Crippen LogP contribution in [0, 0.1) is 6.92 Å². The van der Waals surface area contributed by atoms with Crippen molar-refractivity contribution in [2.75, 3.05) is 0 Å². The molecule has 0 aromatic heterocycles. The monoisotopic (exact) mass is 244 g/mol. The average molecular weight is 244 g/mol. The number of phenolic OH excluding ortho intramolecular Hbond substituents is 2. The highest BCUT2D eigenvalue weighted by Gasteiger charge is 2.29. The normalized spacial score (nSPS) is 14.3. The maximum absolute atomic E-state index is 11.7. The lowest BCUT2D eigenvalue weighted by Gasteiger charge is -2.17. The highest BCUT2D eigenvalue weighted by Crippen LogP contribution is 2.40. The number of ketones is 2. The molecule has 0 heterocycles. The molecule has 1 aliphatic carbocycles. The molecule has 0 amide bonds. The molecule has 0 saturated heterocycles. The smallest absolute Gasteiger partial charge is 0.190 e. The Labute approximate surface area is 104 Å². The molecule has 2 rings (SSSR count). The van der Waals surface area contributed by atoms with E-state index in [1.807, 2.05) is 0 Å². The van der Waals surface area contributed by atoms with Crippen molar-refractivity contribution in [2.24, 2.45) is 0 Å². The molecule has 4 heteroatoms. The molecule has 0 spiro atoms. The van der Waals surface area contributed by atoms with Crippen LogP contribution in [0.3, 0.4) is 0 Å². The van der Waals surface area contributed by atoms with Crippen LogP contribution < -0.4 is 0 Å². The Kier molecular flexibility index (Phi) is 2.79. The molecule has 0 bridgehead atoms. The molecular weight excluding hydrogens is 232 g/mol. The zero-order chi connectivity index (χ0) is 13.4. The van der Waals surface area contributed by atoms with Crippen LogP contribution in [0.15, 0.2) is 18.2 Å². The molecule has 18 heavy (non-hydrogen) atoms. The van der Waals surface area contributed by atoms with E-state index in [1.165, 1.54) is 0 Å². The molecule has 0 atom stereocenters. The number of rotatable bonds is 1. The quantitative estimate of drug-likeness (QED) is 0.744. The van der Waals surface area contributed by atoms with Crippen molar-refractivity contribution in [2.45, 2.75) is 13.8 Å². The molecule has 0 radical (unpaired) electrons. The summed E-state index contributed by atoms with van der Waals surface area (Å²) in [5.74, 6) is -1.48. The fourth-order valence-electron chi connectivity index (χ4n) is 2.03. The van der Waals surface area contributed by atoms with E-state index < -0.39 is 11.6 Å². The van der Waals surface area contributed by atoms with Gasteiger partial charge in [0.25, 0.3) is 0 Å². The van der Waals surface area contributed by atoms with Gasteiger partial charge in [0.2, 0.25) is 0 Å². The Balaban J connectivity index is 2.91. The number of aromatic hydroxyl groups is 2. The fraction of sp³-hybridized carbons (Fsp3) is 0.143. The maximum Gasteiger partial charge on any atom is 0.190 e. The lowest BCUT2D eigenvalue weighted by atomic mass is 9.88. The van der Waals surface area contributed by atoms with Gasteiger partial charge in [-0.1, -0.05) is 12.2 Å². The predicted octanol–water partition coefficient (Wildman–Crippen LogP) is 2.37. The molecule has 2 N–H and O–H groups in total. The van der Waals surface area contributed by atoms with Gasteiger partial charge in [-0.05, 0) is 26.0 Å². The SMILES string of the molecule is C/C=C\c1c(C)c(O)c2c(c1O)C(=O)C=CC2=O. The highest BCUT2D eigenvalue weighted by molar-refractivity contribution is 6.24. The van der Waals surface area contributed by atoms with Crippen LogP contribution in [-0.2, 0) is 0 Å². The van der Waals surface area contributed by atoms with Gasteiger partial charge >= 0.3 is 0 Å². The van der Waals surface area contributed by atoms with Crippen LogP contribution in [-0.4, -0.2) is 21.8 Å². The Morgan fingerprint density at radius 2 is 1.50 bits per heavy atom. The van der Waals surface area contributed by atoms with Crippen LogP contribution in [0.5, 0.6) is 11.5 Å². The molecule has 0 aliphatic heterocycles. The molecular formula is C14H12O4. The molecule has 0 unspecified atom stereocenters. The largest absolute Gasteiger partial charge is 0.507 e. The lowest BCUT2D eigenvalue weighted by Crippen LogP contribution is -2.13. The Hall–Kier alpha value is -2.36. The fourth-order valence-corrected chi connectivity index (χ4v) is 2.03. The number of hydrogen-bond acceptors (Lipinski definition) is 4. The number of carbonyl (C=O) groups excluding carboxylic acids is 2. The van der Waals surface area contributed by atoms with E-state index >= 15 is 0 Å². The van der Waals surface area contributed by atoms with Gasteiger partial charge in [-0.25, -0.2) is 0 Å². The van der Waals surface area contributed by atoms with Gasteiger partial charge in [0.1, 0.15) is 11.5 Å². The van der Waals surface area contributed by atoms with E-state index in [0.717, 1.165) is 12.2 Å². The van der Waals surface area contributed by atoms with E-state index in [-0.39, 0.29) is 22.6 Å². The minimum atomic E-state index is -0.483. The van der Waals surface area contributed by atoms with Crippen molar-refractivity contribution < 1.29 is 19.8 Å². The van der Waals surface area contributed by atoms with Crippen molar-refractivity contribution in [1.29, 1.82) is 0 Å². The topological polar surface area (TPSA) is 74.6 Å². The summed E-state index contributed by atoms with van der Waals surface area (Å²) in [4.78, 5) is 23.4. The van der Waals surface area contributed by atoms with E-state index in [2.05, 4.69) is 0 Å². The van der Waals surface area contributed by atoms with Crippen molar-refractivity contribution in [3.05, 3.63) is 40.5 Å². The summed E-state index contributed by atoms with van der Waals surface area (Å²) in [6.45, 7) is 3.34. The predicted molar refractivity (Wildman–Crippen MR) is 67.0 cm³/mol. The first-order chi connectivity index (χ1) is 8.49. The van der Waals surface area contributed by atoms with Crippen molar-refractivity contribution in [3.63, 3.8) is 0 Å². The minimum absolute atomic E-state index is 0.120. The van der Waals surface area contributed by atoms with Gasteiger partial charge in [0, 0.05) is 11.1 Å². The van der Waals surface area contributed by atoms with E-state index in [1.54, 1.807) is 26.0 Å². The number of carbonyl (C=O) groups is 2. The number of fused-ring (bicyclic) bond motifs is 1. The molecule has 1 aromatic carbocycles. The van der Waals surface area contributed by atoms with Crippen LogP contribution in [0.2, 0.25) is 0 Å². The van der Waals surface area contributed by atoms with E-state index in [4.69, 9.17) is 0 Å². The lowest BCUT2D eigenvalue weighted by molar-refractivity contribution is 0.0989. The molecule has 4 nitrogen and oxygen atoms in total.